The Morgan fingerprint density at radius 2 is 1.82 bits per heavy atom. The number of benzene rings is 1. The summed E-state index contributed by atoms with van der Waals surface area (Å²) in [5, 5.41) is 0. The maximum absolute atomic E-state index is 10.9. The van der Waals surface area contributed by atoms with Gasteiger partial charge in [0.25, 0.3) is 0 Å². The van der Waals surface area contributed by atoms with Gasteiger partial charge in [0.05, 0.1) is 0 Å². The van der Waals surface area contributed by atoms with Crippen molar-refractivity contribution in [1.82, 2.24) is 0 Å². The van der Waals surface area contributed by atoms with E-state index in [1.54, 1.807) is 6.92 Å². The lowest BCUT2D eigenvalue weighted by Gasteiger charge is -2.04. The van der Waals surface area contributed by atoms with Gasteiger partial charge in [-0.25, -0.2) is 0 Å². The molecule has 0 bridgehead atoms. The molecule has 2 heteroatoms. The van der Waals surface area contributed by atoms with Crippen LogP contribution in [0.1, 0.15) is 35.6 Å². The maximum atomic E-state index is 10.9. The third-order valence-corrected chi connectivity index (χ3v) is 2.66. The lowest BCUT2D eigenvalue weighted by molar-refractivity contribution is -0.141. The SMILES string of the molecule is CCC(=O)OCC#Cc1cc(C)c(C)cc1C. The van der Waals surface area contributed by atoms with Crippen molar-refractivity contribution in [3.8, 4) is 11.8 Å². The van der Waals surface area contributed by atoms with Gasteiger partial charge in [-0.05, 0) is 43.5 Å². The predicted octanol–water partition coefficient (Wildman–Crippen LogP) is 2.92. The van der Waals surface area contributed by atoms with Gasteiger partial charge in [0.2, 0.25) is 0 Å². The van der Waals surface area contributed by atoms with Gasteiger partial charge >= 0.3 is 5.97 Å². The molecule has 1 rings (SSSR count). The second-order valence-corrected chi connectivity index (χ2v) is 4.07. The van der Waals surface area contributed by atoms with Crippen molar-refractivity contribution in [2.24, 2.45) is 0 Å². The lowest BCUT2D eigenvalue weighted by atomic mass is 10.0. The standard InChI is InChI=1S/C15H18O2/c1-5-15(16)17-8-6-7-14-10-12(3)11(2)9-13(14)4/h9-10H,5,8H2,1-4H3. The minimum Gasteiger partial charge on any atom is -0.452 e. The molecule has 0 unspecified atom stereocenters. The second kappa shape index (κ2) is 6.10. The van der Waals surface area contributed by atoms with Crippen LogP contribution in [0.5, 0.6) is 0 Å². The van der Waals surface area contributed by atoms with Gasteiger partial charge < -0.3 is 4.74 Å². The first-order valence-electron chi connectivity index (χ1n) is 5.77. The number of ether oxygens (including phenoxy) is 1. The van der Waals surface area contributed by atoms with Crippen LogP contribution in [0.25, 0.3) is 0 Å². The Bertz CT molecular complexity index is 476. The van der Waals surface area contributed by atoms with Crippen LogP contribution in [0.2, 0.25) is 0 Å². The fraction of sp³-hybridized carbons (Fsp3) is 0.400. The molecule has 0 spiro atoms. The number of carbonyl (C=O) groups is 1. The lowest BCUT2D eigenvalue weighted by Crippen LogP contribution is -2.02. The van der Waals surface area contributed by atoms with Crippen LogP contribution >= 0.6 is 0 Å². The van der Waals surface area contributed by atoms with Crippen molar-refractivity contribution in [2.45, 2.75) is 34.1 Å². The molecule has 90 valence electrons. The molecule has 0 fully saturated rings. The Morgan fingerprint density at radius 3 is 2.47 bits per heavy atom. The molecule has 0 saturated heterocycles. The summed E-state index contributed by atoms with van der Waals surface area (Å²) in [6.45, 7) is 8.12. The van der Waals surface area contributed by atoms with E-state index in [0.29, 0.717) is 6.42 Å². The van der Waals surface area contributed by atoms with Crippen molar-refractivity contribution in [3.05, 3.63) is 34.4 Å². The molecule has 1 aromatic carbocycles. The molecule has 0 aliphatic carbocycles. The zero-order valence-corrected chi connectivity index (χ0v) is 10.9. The molecule has 0 aliphatic heterocycles. The van der Waals surface area contributed by atoms with Crippen LogP contribution in [-0.2, 0) is 9.53 Å². The first-order valence-corrected chi connectivity index (χ1v) is 5.77. The molecule has 0 heterocycles. The highest BCUT2D eigenvalue weighted by molar-refractivity contribution is 5.69. The molecular weight excluding hydrogens is 212 g/mol. The van der Waals surface area contributed by atoms with Gasteiger partial charge in [0, 0.05) is 12.0 Å². The van der Waals surface area contributed by atoms with Crippen molar-refractivity contribution in [2.75, 3.05) is 6.61 Å². The number of hydrogen-bond acceptors (Lipinski definition) is 2. The van der Waals surface area contributed by atoms with E-state index in [9.17, 15) is 4.79 Å². The average Bonchev–Trinajstić information content (AvgIpc) is 2.30. The monoisotopic (exact) mass is 230 g/mol. The third-order valence-electron chi connectivity index (χ3n) is 2.66. The summed E-state index contributed by atoms with van der Waals surface area (Å²) >= 11 is 0. The Kier molecular flexibility index (Phi) is 4.78. The summed E-state index contributed by atoms with van der Waals surface area (Å²) in [5.41, 5.74) is 4.65. The van der Waals surface area contributed by atoms with Gasteiger partial charge in [0.15, 0.2) is 6.61 Å². The molecule has 1 aromatic rings. The van der Waals surface area contributed by atoms with E-state index < -0.39 is 0 Å². The number of rotatable bonds is 2. The highest BCUT2D eigenvalue weighted by Gasteiger charge is 1.99. The highest BCUT2D eigenvalue weighted by atomic mass is 16.5. The molecule has 0 aromatic heterocycles. The topological polar surface area (TPSA) is 26.3 Å². The number of carbonyl (C=O) groups excluding carboxylic acids is 1. The summed E-state index contributed by atoms with van der Waals surface area (Å²) in [6.07, 6.45) is 0.393. The minimum absolute atomic E-state index is 0.166. The van der Waals surface area contributed by atoms with Crippen LogP contribution in [0, 0.1) is 32.6 Å². The smallest absolute Gasteiger partial charge is 0.306 e. The van der Waals surface area contributed by atoms with Gasteiger partial charge in [-0.3, -0.25) is 4.79 Å². The van der Waals surface area contributed by atoms with Gasteiger partial charge in [-0.1, -0.05) is 24.8 Å². The second-order valence-electron chi connectivity index (χ2n) is 4.07. The van der Waals surface area contributed by atoms with Crippen molar-refractivity contribution in [3.63, 3.8) is 0 Å². The molecule has 0 saturated carbocycles. The van der Waals surface area contributed by atoms with Crippen molar-refractivity contribution in [1.29, 1.82) is 0 Å². The van der Waals surface area contributed by atoms with E-state index in [1.165, 1.54) is 11.1 Å². The molecule has 0 aliphatic rings. The van der Waals surface area contributed by atoms with Crippen LogP contribution in [0.3, 0.4) is 0 Å². The Labute approximate surface area is 103 Å². The first kappa shape index (κ1) is 13.3. The van der Waals surface area contributed by atoms with Gasteiger partial charge in [-0.15, -0.1) is 0 Å². The average molecular weight is 230 g/mol. The summed E-state index contributed by atoms with van der Waals surface area (Å²) < 4.78 is 4.89. The fourth-order valence-corrected chi connectivity index (χ4v) is 1.45. The molecule has 17 heavy (non-hydrogen) atoms. The van der Waals surface area contributed by atoms with Gasteiger partial charge in [0.1, 0.15) is 0 Å². The van der Waals surface area contributed by atoms with E-state index >= 15 is 0 Å². The quantitative estimate of drug-likeness (QED) is 0.577. The summed E-state index contributed by atoms with van der Waals surface area (Å²) in [7, 11) is 0. The summed E-state index contributed by atoms with van der Waals surface area (Å²) in [5.74, 6) is 5.68. The fourth-order valence-electron chi connectivity index (χ4n) is 1.45. The molecule has 2 nitrogen and oxygen atoms in total. The summed E-state index contributed by atoms with van der Waals surface area (Å²) in [4.78, 5) is 10.9. The zero-order valence-electron chi connectivity index (χ0n) is 10.9. The molecule has 0 N–H and O–H groups in total. The zero-order chi connectivity index (χ0) is 12.8. The van der Waals surface area contributed by atoms with E-state index in [1.807, 2.05) is 6.92 Å². The van der Waals surface area contributed by atoms with Gasteiger partial charge in [-0.2, -0.15) is 0 Å². The van der Waals surface area contributed by atoms with Crippen LogP contribution in [0.15, 0.2) is 12.1 Å². The predicted molar refractivity (Wildman–Crippen MR) is 68.8 cm³/mol. The van der Waals surface area contributed by atoms with E-state index in [4.69, 9.17) is 4.74 Å². The van der Waals surface area contributed by atoms with Crippen LogP contribution in [-0.4, -0.2) is 12.6 Å². The van der Waals surface area contributed by atoms with Crippen molar-refractivity contribution >= 4 is 5.97 Å². The summed E-state index contributed by atoms with van der Waals surface area (Å²) in [6, 6.07) is 4.19. The largest absolute Gasteiger partial charge is 0.452 e. The minimum atomic E-state index is -0.212. The molecular formula is C15H18O2. The maximum Gasteiger partial charge on any atom is 0.306 e. The van der Waals surface area contributed by atoms with Crippen LogP contribution < -0.4 is 0 Å². The number of hydrogen-bond donors (Lipinski definition) is 0. The Hall–Kier alpha value is -1.75. The molecule has 0 amide bonds. The number of esters is 1. The van der Waals surface area contributed by atoms with Crippen molar-refractivity contribution < 1.29 is 9.53 Å². The Balaban J connectivity index is 2.72. The third kappa shape index (κ3) is 3.96. The normalized spacial score (nSPS) is 9.41. The number of aryl methyl sites for hydroxylation is 3. The molecule has 0 radical (unpaired) electrons. The first-order chi connectivity index (χ1) is 8.04. The molecule has 0 atom stereocenters. The highest BCUT2D eigenvalue weighted by Crippen LogP contribution is 2.13. The van der Waals surface area contributed by atoms with E-state index in [2.05, 4.69) is 37.8 Å². The van der Waals surface area contributed by atoms with E-state index in [-0.39, 0.29) is 12.6 Å². The van der Waals surface area contributed by atoms with Crippen LogP contribution in [0.4, 0.5) is 0 Å². The Morgan fingerprint density at radius 1 is 1.18 bits per heavy atom. The van der Waals surface area contributed by atoms with E-state index in [0.717, 1.165) is 11.1 Å².